The van der Waals surface area contributed by atoms with Gasteiger partial charge in [0, 0.05) is 25.8 Å². The van der Waals surface area contributed by atoms with Crippen molar-refractivity contribution in [1.29, 1.82) is 0 Å². The Bertz CT molecular complexity index is 470. The van der Waals surface area contributed by atoms with E-state index in [4.69, 9.17) is 0 Å². The minimum absolute atomic E-state index is 0.345. The van der Waals surface area contributed by atoms with Gasteiger partial charge in [0.1, 0.15) is 0 Å². The van der Waals surface area contributed by atoms with Crippen LogP contribution in [0.2, 0.25) is 0 Å². The van der Waals surface area contributed by atoms with Crippen LogP contribution < -0.4 is 5.32 Å². The van der Waals surface area contributed by atoms with E-state index in [9.17, 15) is 0 Å². The molecule has 17 heavy (non-hydrogen) atoms. The van der Waals surface area contributed by atoms with Crippen LogP contribution in [0.15, 0.2) is 36.5 Å². The smallest absolute Gasteiger partial charge is 0.0762 e. The molecule has 0 aliphatic heterocycles. The second kappa shape index (κ2) is 5.15. The van der Waals surface area contributed by atoms with Gasteiger partial charge in [0.15, 0.2) is 0 Å². The maximum atomic E-state index is 4.34. The van der Waals surface area contributed by atoms with Crippen LogP contribution in [0.1, 0.15) is 29.8 Å². The molecule has 0 spiro atoms. The van der Waals surface area contributed by atoms with Gasteiger partial charge >= 0.3 is 0 Å². The van der Waals surface area contributed by atoms with Crippen molar-refractivity contribution in [3.05, 3.63) is 53.3 Å². The van der Waals surface area contributed by atoms with E-state index in [1.165, 1.54) is 11.1 Å². The first kappa shape index (κ1) is 11.9. The fourth-order valence-electron chi connectivity index (χ4n) is 1.79. The van der Waals surface area contributed by atoms with Crippen LogP contribution in [0.3, 0.4) is 0 Å². The maximum Gasteiger partial charge on any atom is 0.0762 e. The van der Waals surface area contributed by atoms with Crippen molar-refractivity contribution >= 4 is 0 Å². The number of aryl methyl sites for hydroxylation is 2. The highest BCUT2D eigenvalue weighted by molar-refractivity contribution is 5.23. The Labute approximate surface area is 102 Å². The molecule has 3 heteroatoms. The van der Waals surface area contributed by atoms with Crippen LogP contribution in [0.25, 0.3) is 0 Å². The molecule has 0 amide bonds. The molecule has 0 radical (unpaired) electrons. The normalized spacial score (nSPS) is 12.6. The average Bonchev–Trinajstić information content (AvgIpc) is 2.73. The molecule has 1 atom stereocenters. The first-order valence-corrected chi connectivity index (χ1v) is 5.93. The highest BCUT2D eigenvalue weighted by atomic mass is 15.3. The van der Waals surface area contributed by atoms with Gasteiger partial charge in [0.25, 0.3) is 0 Å². The Morgan fingerprint density at radius 1 is 1.24 bits per heavy atom. The number of aromatic nitrogens is 2. The van der Waals surface area contributed by atoms with Crippen molar-refractivity contribution < 1.29 is 0 Å². The molecule has 2 rings (SSSR count). The zero-order chi connectivity index (χ0) is 12.3. The number of nitrogens with zero attached hydrogens (tertiary/aromatic N) is 2. The summed E-state index contributed by atoms with van der Waals surface area (Å²) in [6.07, 6.45) is 1.97. The molecule has 90 valence electrons. The van der Waals surface area contributed by atoms with E-state index in [0.717, 1.165) is 12.2 Å². The van der Waals surface area contributed by atoms with Crippen LogP contribution in [0.4, 0.5) is 0 Å². The van der Waals surface area contributed by atoms with E-state index in [2.05, 4.69) is 48.5 Å². The zero-order valence-corrected chi connectivity index (χ0v) is 10.6. The molecule has 0 bridgehead atoms. The highest BCUT2D eigenvalue weighted by Crippen LogP contribution is 2.13. The zero-order valence-electron chi connectivity index (χ0n) is 10.6. The monoisotopic (exact) mass is 229 g/mol. The van der Waals surface area contributed by atoms with Gasteiger partial charge in [0.05, 0.1) is 5.69 Å². The van der Waals surface area contributed by atoms with E-state index in [0.29, 0.717) is 6.04 Å². The Hall–Kier alpha value is -1.61. The summed E-state index contributed by atoms with van der Waals surface area (Å²) in [5.74, 6) is 0. The third kappa shape index (κ3) is 3.17. The average molecular weight is 229 g/mol. The fourth-order valence-corrected chi connectivity index (χ4v) is 1.79. The molecule has 1 heterocycles. The summed E-state index contributed by atoms with van der Waals surface area (Å²) in [5.41, 5.74) is 3.68. The van der Waals surface area contributed by atoms with Gasteiger partial charge in [-0.05, 0) is 25.5 Å². The second-order valence-electron chi connectivity index (χ2n) is 4.49. The summed E-state index contributed by atoms with van der Waals surface area (Å²) < 4.78 is 1.83. The van der Waals surface area contributed by atoms with E-state index in [1.54, 1.807) is 0 Å². The molecule has 1 aromatic carbocycles. The Morgan fingerprint density at radius 2 is 1.94 bits per heavy atom. The molecule has 1 aromatic heterocycles. The topological polar surface area (TPSA) is 29.9 Å². The van der Waals surface area contributed by atoms with Crippen LogP contribution in [-0.4, -0.2) is 9.78 Å². The maximum absolute atomic E-state index is 4.34. The number of nitrogens with one attached hydrogen (secondary N) is 1. The van der Waals surface area contributed by atoms with E-state index in [-0.39, 0.29) is 0 Å². The Balaban J connectivity index is 1.93. The molecule has 0 aliphatic rings. The Morgan fingerprint density at radius 3 is 2.53 bits per heavy atom. The van der Waals surface area contributed by atoms with Crippen LogP contribution >= 0.6 is 0 Å². The Kier molecular flexibility index (Phi) is 3.59. The highest BCUT2D eigenvalue weighted by Gasteiger charge is 2.05. The first-order chi connectivity index (χ1) is 8.15. The van der Waals surface area contributed by atoms with Gasteiger partial charge in [-0.25, -0.2) is 0 Å². The quantitative estimate of drug-likeness (QED) is 0.873. The standard InChI is InChI=1S/C14H19N3/c1-11-4-6-13(7-5-11)12(2)15-10-14-8-9-17(3)16-14/h4-9,12,15H,10H2,1-3H3/t12-/m1/s1. The van der Waals surface area contributed by atoms with Gasteiger partial charge in [-0.3, -0.25) is 4.68 Å². The van der Waals surface area contributed by atoms with Crippen molar-refractivity contribution in [3.8, 4) is 0 Å². The molecule has 0 saturated heterocycles. The van der Waals surface area contributed by atoms with Crippen molar-refractivity contribution in [2.45, 2.75) is 26.4 Å². The number of hydrogen-bond donors (Lipinski definition) is 1. The third-order valence-electron chi connectivity index (χ3n) is 2.94. The number of benzene rings is 1. The molecule has 0 aliphatic carbocycles. The lowest BCUT2D eigenvalue weighted by atomic mass is 10.1. The van der Waals surface area contributed by atoms with E-state index < -0.39 is 0 Å². The lowest BCUT2D eigenvalue weighted by molar-refractivity contribution is 0.562. The van der Waals surface area contributed by atoms with Crippen LogP contribution in [-0.2, 0) is 13.6 Å². The second-order valence-corrected chi connectivity index (χ2v) is 4.49. The summed E-state index contributed by atoms with van der Waals surface area (Å²) in [6, 6.07) is 11.0. The van der Waals surface area contributed by atoms with Crippen molar-refractivity contribution in [2.75, 3.05) is 0 Å². The molecule has 0 unspecified atom stereocenters. The summed E-state index contributed by atoms with van der Waals surface area (Å²) in [4.78, 5) is 0. The van der Waals surface area contributed by atoms with Crippen LogP contribution in [0, 0.1) is 6.92 Å². The van der Waals surface area contributed by atoms with E-state index >= 15 is 0 Å². The molecule has 3 nitrogen and oxygen atoms in total. The lowest BCUT2D eigenvalue weighted by Crippen LogP contribution is -2.18. The predicted octanol–water partition coefficient (Wildman–Crippen LogP) is 2.58. The SMILES string of the molecule is Cc1ccc([C@@H](C)NCc2ccn(C)n2)cc1. The molecule has 0 saturated carbocycles. The van der Waals surface area contributed by atoms with Gasteiger partial charge in [-0.2, -0.15) is 5.10 Å². The van der Waals surface area contributed by atoms with E-state index in [1.807, 2.05) is 24.0 Å². The fraction of sp³-hybridized carbons (Fsp3) is 0.357. The largest absolute Gasteiger partial charge is 0.304 e. The van der Waals surface area contributed by atoms with Crippen molar-refractivity contribution in [2.24, 2.45) is 7.05 Å². The van der Waals surface area contributed by atoms with Crippen LogP contribution in [0.5, 0.6) is 0 Å². The lowest BCUT2D eigenvalue weighted by Gasteiger charge is -2.13. The summed E-state index contributed by atoms with van der Waals surface area (Å²) in [7, 11) is 1.94. The molecule has 1 N–H and O–H groups in total. The summed E-state index contributed by atoms with van der Waals surface area (Å²) in [5, 5.41) is 7.82. The minimum atomic E-state index is 0.345. The van der Waals surface area contributed by atoms with Gasteiger partial charge in [-0.15, -0.1) is 0 Å². The molecule has 0 fully saturated rings. The summed E-state index contributed by atoms with van der Waals surface area (Å²) >= 11 is 0. The molecular weight excluding hydrogens is 210 g/mol. The number of hydrogen-bond acceptors (Lipinski definition) is 2. The van der Waals surface area contributed by atoms with Gasteiger partial charge < -0.3 is 5.32 Å². The predicted molar refractivity (Wildman–Crippen MR) is 69.6 cm³/mol. The van der Waals surface area contributed by atoms with Gasteiger partial charge in [-0.1, -0.05) is 29.8 Å². The number of rotatable bonds is 4. The van der Waals surface area contributed by atoms with Crippen molar-refractivity contribution in [1.82, 2.24) is 15.1 Å². The third-order valence-corrected chi connectivity index (χ3v) is 2.94. The molecule has 2 aromatic rings. The minimum Gasteiger partial charge on any atom is -0.304 e. The summed E-state index contributed by atoms with van der Waals surface area (Å²) in [6.45, 7) is 5.08. The molecular formula is C14H19N3. The van der Waals surface area contributed by atoms with Crippen molar-refractivity contribution in [3.63, 3.8) is 0 Å². The van der Waals surface area contributed by atoms with Gasteiger partial charge in [0.2, 0.25) is 0 Å². The first-order valence-electron chi connectivity index (χ1n) is 5.93.